The zero-order chi connectivity index (χ0) is 21.1. The van der Waals surface area contributed by atoms with Gasteiger partial charge in [-0.1, -0.05) is 92.7 Å². The molecule has 0 aromatic heterocycles. The lowest BCUT2D eigenvalue weighted by molar-refractivity contribution is 0.0877. The van der Waals surface area contributed by atoms with Crippen molar-refractivity contribution in [3.8, 4) is 11.1 Å². The lowest BCUT2D eigenvalue weighted by Crippen LogP contribution is -2.43. The molecule has 0 radical (unpaired) electrons. The number of carbonyl (C=O) groups is 1. The Hall–Kier alpha value is -3.11. The highest BCUT2D eigenvalue weighted by Gasteiger charge is 2.30. The van der Waals surface area contributed by atoms with E-state index in [1.165, 1.54) is 22.3 Å². The van der Waals surface area contributed by atoms with E-state index in [4.69, 9.17) is 4.74 Å². The second kappa shape index (κ2) is 8.72. The summed E-state index contributed by atoms with van der Waals surface area (Å²) in [5.74, 6) is 0.0559. The SMILES string of the molecule is CC(C)C(NC(=O)OCC1c2ccccc2-c2ccccc21)C(O)c1ccccc1. The number of rotatable bonds is 6. The summed E-state index contributed by atoms with van der Waals surface area (Å²) in [7, 11) is 0. The van der Waals surface area contributed by atoms with Gasteiger partial charge >= 0.3 is 6.09 Å². The van der Waals surface area contributed by atoms with Crippen molar-refractivity contribution in [1.82, 2.24) is 5.32 Å². The third kappa shape index (κ3) is 3.96. The third-order valence-corrected chi connectivity index (χ3v) is 5.83. The molecule has 154 valence electrons. The summed E-state index contributed by atoms with van der Waals surface area (Å²) in [6, 6.07) is 25.4. The lowest BCUT2D eigenvalue weighted by Gasteiger charge is -2.27. The molecule has 2 atom stereocenters. The van der Waals surface area contributed by atoms with Gasteiger partial charge in [-0.25, -0.2) is 4.79 Å². The van der Waals surface area contributed by atoms with Crippen molar-refractivity contribution in [3.63, 3.8) is 0 Å². The van der Waals surface area contributed by atoms with Crippen molar-refractivity contribution in [1.29, 1.82) is 0 Å². The van der Waals surface area contributed by atoms with Crippen LogP contribution in [0.1, 0.15) is 42.6 Å². The fourth-order valence-electron chi connectivity index (χ4n) is 4.24. The Kier molecular flexibility index (Phi) is 5.86. The molecule has 3 aromatic rings. The van der Waals surface area contributed by atoms with Crippen LogP contribution in [0.4, 0.5) is 4.79 Å². The number of nitrogens with one attached hydrogen (secondary N) is 1. The van der Waals surface area contributed by atoms with Crippen LogP contribution in [-0.2, 0) is 4.74 Å². The number of ether oxygens (including phenoxy) is 1. The van der Waals surface area contributed by atoms with Crippen LogP contribution in [0.15, 0.2) is 78.9 Å². The summed E-state index contributed by atoms with van der Waals surface area (Å²) in [6.45, 7) is 4.20. The molecule has 0 bridgehead atoms. The summed E-state index contributed by atoms with van der Waals surface area (Å²) < 4.78 is 5.65. The first-order valence-corrected chi connectivity index (χ1v) is 10.4. The highest BCUT2D eigenvalue weighted by atomic mass is 16.5. The Labute approximate surface area is 177 Å². The van der Waals surface area contributed by atoms with E-state index in [0.29, 0.717) is 0 Å². The predicted octanol–water partition coefficient (Wildman–Crippen LogP) is 5.28. The fraction of sp³-hybridized carbons (Fsp3) is 0.269. The van der Waals surface area contributed by atoms with Crippen molar-refractivity contribution in [3.05, 3.63) is 95.6 Å². The molecule has 30 heavy (non-hydrogen) atoms. The molecule has 2 unspecified atom stereocenters. The molecule has 0 fully saturated rings. The van der Waals surface area contributed by atoms with E-state index < -0.39 is 18.2 Å². The number of fused-ring (bicyclic) bond motifs is 3. The van der Waals surface area contributed by atoms with E-state index in [9.17, 15) is 9.90 Å². The van der Waals surface area contributed by atoms with Gasteiger partial charge in [0.25, 0.3) is 0 Å². The van der Waals surface area contributed by atoms with E-state index in [1.54, 1.807) is 0 Å². The van der Waals surface area contributed by atoms with E-state index in [0.717, 1.165) is 5.56 Å². The second-order valence-corrected chi connectivity index (χ2v) is 8.10. The Bertz CT molecular complexity index is 970. The molecule has 1 amide bonds. The predicted molar refractivity (Wildman–Crippen MR) is 118 cm³/mol. The molecule has 4 heteroatoms. The molecule has 2 N–H and O–H groups in total. The third-order valence-electron chi connectivity index (χ3n) is 5.83. The van der Waals surface area contributed by atoms with Crippen LogP contribution in [0.2, 0.25) is 0 Å². The van der Waals surface area contributed by atoms with Gasteiger partial charge in [0, 0.05) is 5.92 Å². The number of hydrogen-bond donors (Lipinski definition) is 2. The van der Waals surface area contributed by atoms with Gasteiger partial charge in [-0.3, -0.25) is 0 Å². The Morgan fingerprint density at radius 2 is 1.43 bits per heavy atom. The maximum atomic E-state index is 12.6. The highest BCUT2D eigenvalue weighted by molar-refractivity contribution is 5.79. The minimum atomic E-state index is -0.799. The van der Waals surface area contributed by atoms with E-state index >= 15 is 0 Å². The first kappa shape index (κ1) is 20.2. The summed E-state index contributed by atoms with van der Waals surface area (Å²) >= 11 is 0. The molecular formula is C26H27NO3. The number of hydrogen-bond acceptors (Lipinski definition) is 3. The lowest BCUT2D eigenvalue weighted by atomic mass is 9.93. The molecular weight excluding hydrogens is 374 g/mol. The molecule has 0 saturated carbocycles. The number of aliphatic hydroxyl groups is 1. The van der Waals surface area contributed by atoms with Crippen molar-refractivity contribution in [2.75, 3.05) is 6.61 Å². The number of benzene rings is 3. The van der Waals surface area contributed by atoms with Crippen LogP contribution in [0.25, 0.3) is 11.1 Å². The monoisotopic (exact) mass is 401 g/mol. The van der Waals surface area contributed by atoms with Gasteiger partial charge in [0.2, 0.25) is 0 Å². The van der Waals surface area contributed by atoms with Crippen molar-refractivity contribution < 1.29 is 14.6 Å². The van der Waals surface area contributed by atoms with Crippen molar-refractivity contribution in [2.24, 2.45) is 5.92 Å². The van der Waals surface area contributed by atoms with Crippen LogP contribution in [0.3, 0.4) is 0 Å². The molecule has 1 aliphatic rings. The standard InChI is InChI=1S/C26H27NO3/c1-17(2)24(25(28)18-10-4-3-5-11-18)27-26(29)30-16-23-21-14-8-6-12-19(21)20-13-7-9-15-22(20)23/h3-15,17,23-25,28H,16H2,1-2H3,(H,27,29). The average Bonchev–Trinajstić information content (AvgIpc) is 3.10. The highest BCUT2D eigenvalue weighted by Crippen LogP contribution is 2.44. The number of aliphatic hydroxyl groups excluding tert-OH is 1. The quantitative estimate of drug-likeness (QED) is 0.591. The molecule has 3 aromatic carbocycles. The smallest absolute Gasteiger partial charge is 0.407 e. The zero-order valence-electron chi connectivity index (χ0n) is 17.3. The minimum absolute atomic E-state index is 0.0136. The van der Waals surface area contributed by atoms with Crippen molar-refractivity contribution in [2.45, 2.75) is 31.9 Å². The molecule has 0 aliphatic heterocycles. The summed E-state index contributed by atoms with van der Waals surface area (Å²) in [4.78, 5) is 12.6. The molecule has 0 spiro atoms. The maximum absolute atomic E-state index is 12.6. The zero-order valence-corrected chi connectivity index (χ0v) is 17.3. The largest absolute Gasteiger partial charge is 0.449 e. The normalized spacial score (nSPS) is 14.7. The van der Waals surface area contributed by atoms with E-state index in [1.807, 2.05) is 68.4 Å². The van der Waals surface area contributed by atoms with Gasteiger partial charge in [-0.15, -0.1) is 0 Å². The van der Waals surface area contributed by atoms with Crippen LogP contribution in [0, 0.1) is 5.92 Å². The Morgan fingerprint density at radius 3 is 2.00 bits per heavy atom. The molecule has 1 aliphatic carbocycles. The van der Waals surface area contributed by atoms with Gasteiger partial charge in [0.05, 0.1) is 12.1 Å². The summed E-state index contributed by atoms with van der Waals surface area (Å²) in [6.07, 6.45) is -1.31. The van der Waals surface area contributed by atoms with E-state index in [2.05, 4.69) is 29.6 Å². The van der Waals surface area contributed by atoms with Gasteiger partial charge in [-0.2, -0.15) is 0 Å². The van der Waals surface area contributed by atoms with E-state index in [-0.39, 0.29) is 18.4 Å². The average molecular weight is 402 g/mol. The number of amides is 1. The molecule has 4 rings (SSSR count). The van der Waals surface area contributed by atoms with Crippen molar-refractivity contribution >= 4 is 6.09 Å². The van der Waals surface area contributed by atoms with Gasteiger partial charge in [0.1, 0.15) is 6.61 Å². The summed E-state index contributed by atoms with van der Waals surface area (Å²) in [5.41, 5.74) is 5.52. The maximum Gasteiger partial charge on any atom is 0.407 e. The minimum Gasteiger partial charge on any atom is -0.449 e. The van der Waals surface area contributed by atoms with Gasteiger partial charge in [-0.05, 0) is 33.7 Å². The van der Waals surface area contributed by atoms with Crippen LogP contribution >= 0.6 is 0 Å². The molecule has 4 nitrogen and oxygen atoms in total. The topological polar surface area (TPSA) is 58.6 Å². The number of alkyl carbamates (subject to hydrolysis) is 1. The molecule has 0 heterocycles. The summed E-state index contributed by atoms with van der Waals surface area (Å²) in [5, 5.41) is 13.6. The first-order chi connectivity index (χ1) is 14.6. The van der Waals surface area contributed by atoms with Gasteiger partial charge < -0.3 is 15.2 Å². The number of carbonyl (C=O) groups excluding carboxylic acids is 1. The Balaban J connectivity index is 1.45. The van der Waals surface area contributed by atoms with Crippen LogP contribution in [-0.4, -0.2) is 23.8 Å². The second-order valence-electron chi connectivity index (χ2n) is 8.10. The van der Waals surface area contributed by atoms with Gasteiger partial charge in [0.15, 0.2) is 0 Å². The van der Waals surface area contributed by atoms with Crippen LogP contribution in [0.5, 0.6) is 0 Å². The fourth-order valence-corrected chi connectivity index (χ4v) is 4.24. The Morgan fingerprint density at radius 1 is 0.900 bits per heavy atom. The van der Waals surface area contributed by atoms with Crippen LogP contribution < -0.4 is 5.32 Å². The first-order valence-electron chi connectivity index (χ1n) is 10.4. The molecule has 0 saturated heterocycles.